The summed E-state index contributed by atoms with van der Waals surface area (Å²) < 4.78 is 15.8. The van der Waals surface area contributed by atoms with Gasteiger partial charge in [0.15, 0.2) is 0 Å². The van der Waals surface area contributed by atoms with Gasteiger partial charge < -0.3 is 24.6 Å². The SMILES string of the molecule is CCOCCOCC(O)CNCC1CCCOC1. The van der Waals surface area contributed by atoms with E-state index in [1.807, 2.05) is 6.92 Å². The van der Waals surface area contributed by atoms with Crippen molar-refractivity contribution in [1.82, 2.24) is 5.32 Å². The summed E-state index contributed by atoms with van der Waals surface area (Å²) in [4.78, 5) is 0. The Labute approximate surface area is 110 Å². The minimum atomic E-state index is -0.448. The van der Waals surface area contributed by atoms with Crippen LogP contribution >= 0.6 is 0 Å². The summed E-state index contributed by atoms with van der Waals surface area (Å²) in [6, 6.07) is 0. The fourth-order valence-corrected chi connectivity index (χ4v) is 1.96. The quantitative estimate of drug-likeness (QED) is 0.558. The van der Waals surface area contributed by atoms with Crippen LogP contribution in [0.25, 0.3) is 0 Å². The first-order valence-electron chi connectivity index (χ1n) is 6.95. The second-order valence-corrected chi connectivity index (χ2v) is 4.67. The van der Waals surface area contributed by atoms with E-state index in [-0.39, 0.29) is 0 Å². The molecule has 2 N–H and O–H groups in total. The standard InChI is InChI=1S/C13H27NO4/c1-2-16-6-7-18-11-13(15)9-14-8-12-4-3-5-17-10-12/h12-15H,2-11H2,1H3. The Morgan fingerprint density at radius 2 is 2.22 bits per heavy atom. The predicted octanol–water partition coefficient (Wildman–Crippen LogP) is 0.417. The van der Waals surface area contributed by atoms with E-state index in [0.717, 1.165) is 26.2 Å². The van der Waals surface area contributed by atoms with Crippen LogP contribution in [0.3, 0.4) is 0 Å². The normalized spacial score (nSPS) is 22.0. The fraction of sp³-hybridized carbons (Fsp3) is 1.00. The van der Waals surface area contributed by atoms with E-state index in [1.54, 1.807) is 0 Å². The lowest BCUT2D eigenvalue weighted by Gasteiger charge is -2.23. The van der Waals surface area contributed by atoms with Gasteiger partial charge in [0.25, 0.3) is 0 Å². The molecule has 0 spiro atoms. The fourth-order valence-electron chi connectivity index (χ4n) is 1.96. The van der Waals surface area contributed by atoms with Gasteiger partial charge in [-0.2, -0.15) is 0 Å². The Kier molecular flexibility index (Phi) is 9.42. The van der Waals surface area contributed by atoms with E-state index < -0.39 is 6.10 Å². The van der Waals surface area contributed by atoms with Gasteiger partial charge in [-0.25, -0.2) is 0 Å². The molecule has 1 saturated heterocycles. The first kappa shape index (κ1) is 15.9. The van der Waals surface area contributed by atoms with Crippen LogP contribution in [0, 0.1) is 5.92 Å². The monoisotopic (exact) mass is 261 g/mol. The molecule has 5 heteroatoms. The third-order valence-electron chi connectivity index (χ3n) is 2.95. The molecule has 2 atom stereocenters. The van der Waals surface area contributed by atoms with Crippen molar-refractivity contribution in [2.45, 2.75) is 25.9 Å². The molecule has 0 aromatic rings. The number of hydrogen-bond acceptors (Lipinski definition) is 5. The summed E-state index contributed by atoms with van der Waals surface area (Å²) >= 11 is 0. The highest BCUT2D eigenvalue weighted by Gasteiger charge is 2.13. The molecule has 5 nitrogen and oxygen atoms in total. The van der Waals surface area contributed by atoms with Crippen molar-refractivity contribution in [1.29, 1.82) is 0 Å². The predicted molar refractivity (Wildman–Crippen MR) is 69.7 cm³/mol. The lowest BCUT2D eigenvalue weighted by atomic mass is 10.0. The number of ether oxygens (including phenoxy) is 3. The molecule has 1 rings (SSSR count). The zero-order valence-electron chi connectivity index (χ0n) is 11.4. The number of aliphatic hydroxyl groups is 1. The van der Waals surface area contributed by atoms with E-state index >= 15 is 0 Å². The second-order valence-electron chi connectivity index (χ2n) is 4.67. The van der Waals surface area contributed by atoms with Crippen molar-refractivity contribution in [2.24, 2.45) is 5.92 Å². The van der Waals surface area contributed by atoms with Crippen LogP contribution < -0.4 is 5.32 Å². The molecule has 0 bridgehead atoms. The van der Waals surface area contributed by atoms with Crippen molar-refractivity contribution >= 4 is 0 Å². The molecule has 1 aliphatic rings. The summed E-state index contributed by atoms with van der Waals surface area (Å²) in [5, 5.41) is 12.9. The lowest BCUT2D eigenvalue weighted by molar-refractivity contribution is 0.00503. The van der Waals surface area contributed by atoms with Crippen molar-refractivity contribution in [3.8, 4) is 0 Å². The van der Waals surface area contributed by atoms with Crippen molar-refractivity contribution in [2.75, 3.05) is 52.7 Å². The molecule has 108 valence electrons. The molecule has 1 fully saturated rings. The van der Waals surface area contributed by atoms with Crippen molar-refractivity contribution in [3.63, 3.8) is 0 Å². The van der Waals surface area contributed by atoms with Gasteiger partial charge in [0, 0.05) is 26.3 Å². The Morgan fingerprint density at radius 1 is 1.39 bits per heavy atom. The van der Waals surface area contributed by atoms with Gasteiger partial charge >= 0.3 is 0 Å². The third-order valence-corrected chi connectivity index (χ3v) is 2.95. The molecule has 1 aliphatic heterocycles. The summed E-state index contributed by atoms with van der Waals surface area (Å²) in [6.07, 6.45) is 1.92. The summed E-state index contributed by atoms with van der Waals surface area (Å²) in [5.74, 6) is 0.588. The number of aliphatic hydroxyl groups excluding tert-OH is 1. The topological polar surface area (TPSA) is 60.0 Å². The molecule has 2 unspecified atom stereocenters. The van der Waals surface area contributed by atoms with Gasteiger partial charge in [0.1, 0.15) is 0 Å². The van der Waals surface area contributed by atoms with Crippen LogP contribution in [-0.4, -0.2) is 63.9 Å². The summed E-state index contributed by atoms with van der Waals surface area (Å²) in [7, 11) is 0. The van der Waals surface area contributed by atoms with Gasteiger partial charge in [-0.3, -0.25) is 0 Å². The number of nitrogens with one attached hydrogen (secondary N) is 1. The lowest BCUT2D eigenvalue weighted by Crippen LogP contribution is -2.36. The summed E-state index contributed by atoms with van der Waals surface area (Å²) in [5.41, 5.74) is 0. The van der Waals surface area contributed by atoms with Gasteiger partial charge in [0.2, 0.25) is 0 Å². The Bertz CT molecular complexity index is 186. The maximum atomic E-state index is 9.68. The molecule has 0 radical (unpaired) electrons. The maximum absolute atomic E-state index is 9.68. The van der Waals surface area contributed by atoms with E-state index in [2.05, 4.69) is 5.32 Å². The van der Waals surface area contributed by atoms with Gasteiger partial charge in [0.05, 0.1) is 32.5 Å². The largest absolute Gasteiger partial charge is 0.389 e. The van der Waals surface area contributed by atoms with E-state index in [1.165, 1.54) is 6.42 Å². The molecule has 1 heterocycles. The summed E-state index contributed by atoms with van der Waals surface area (Å²) in [6.45, 7) is 7.38. The van der Waals surface area contributed by atoms with Crippen molar-refractivity contribution < 1.29 is 19.3 Å². The van der Waals surface area contributed by atoms with Crippen LogP contribution in [0.5, 0.6) is 0 Å². The minimum absolute atomic E-state index is 0.362. The molecule has 0 saturated carbocycles. The second kappa shape index (κ2) is 10.7. The van der Waals surface area contributed by atoms with Crippen LogP contribution in [0.15, 0.2) is 0 Å². The van der Waals surface area contributed by atoms with E-state index in [9.17, 15) is 5.11 Å². The maximum Gasteiger partial charge on any atom is 0.0897 e. The molecule has 0 aromatic heterocycles. The third kappa shape index (κ3) is 8.00. The van der Waals surface area contributed by atoms with Crippen LogP contribution in [0.4, 0.5) is 0 Å². The molecular formula is C13H27NO4. The number of hydrogen-bond donors (Lipinski definition) is 2. The highest BCUT2D eigenvalue weighted by molar-refractivity contribution is 4.67. The average molecular weight is 261 g/mol. The zero-order valence-corrected chi connectivity index (χ0v) is 11.4. The molecule has 0 aliphatic carbocycles. The first-order valence-corrected chi connectivity index (χ1v) is 6.95. The Morgan fingerprint density at radius 3 is 2.94 bits per heavy atom. The average Bonchev–Trinajstić information content (AvgIpc) is 2.40. The van der Waals surface area contributed by atoms with Crippen LogP contribution in [-0.2, 0) is 14.2 Å². The number of rotatable bonds is 10. The Balaban J connectivity index is 1.88. The minimum Gasteiger partial charge on any atom is -0.389 e. The molecular weight excluding hydrogens is 234 g/mol. The Hall–Kier alpha value is -0.200. The van der Waals surface area contributed by atoms with E-state index in [0.29, 0.717) is 38.9 Å². The van der Waals surface area contributed by atoms with Crippen molar-refractivity contribution in [3.05, 3.63) is 0 Å². The molecule has 0 amide bonds. The smallest absolute Gasteiger partial charge is 0.0897 e. The van der Waals surface area contributed by atoms with Crippen LogP contribution in [0.2, 0.25) is 0 Å². The van der Waals surface area contributed by atoms with Gasteiger partial charge in [-0.15, -0.1) is 0 Å². The molecule has 18 heavy (non-hydrogen) atoms. The highest BCUT2D eigenvalue weighted by atomic mass is 16.5. The van der Waals surface area contributed by atoms with E-state index in [4.69, 9.17) is 14.2 Å². The van der Waals surface area contributed by atoms with Crippen LogP contribution in [0.1, 0.15) is 19.8 Å². The van der Waals surface area contributed by atoms with Gasteiger partial charge in [-0.1, -0.05) is 0 Å². The zero-order chi connectivity index (χ0) is 13.1. The first-order chi connectivity index (χ1) is 8.83. The van der Waals surface area contributed by atoms with Gasteiger partial charge in [-0.05, 0) is 25.7 Å². The highest BCUT2D eigenvalue weighted by Crippen LogP contribution is 2.11. The molecule has 0 aromatic carbocycles.